The first kappa shape index (κ1) is 14.0. The summed E-state index contributed by atoms with van der Waals surface area (Å²) in [4.78, 5) is 4.50. The quantitative estimate of drug-likeness (QED) is 0.500. The second kappa shape index (κ2) is 5.83. The molecular weight excluding hydrogens is 304 g/mol. The fourth-order valence-corrected chi connectivity index (χ4v) is 3.55. The van der Waals surface area contributed by atoms with E-state index in [-0.39, 0.29) is 11.5 Å². The van der Waals surface area contributed by atoms with Crippen LogP contribution in [0.4, 0.5) is 5.69 Å². The molecule has 4 nitrogen and oxygen atoms in total. The van der Waals surface area contributed by atoms with Crippen LogP contribution in [0.1, 0.15) is 5.56 Å². The fourth-order valence-electron chi connectivity index (χ4n) is 2.02. The van der Waals surface area contributed by atoms with E-state index in [1.807, 2.05) is 24.5 Å². The standard InChI is InChI=1S/C15H14N2O2S2/c1-20-15-17-11-6-5-10(7-13(11)21-15)16-8-9-3-2-4-12(18)14(9)19/h2-7,16,18-19H,8H2,1H3. The molecule has 0 saturated carbocycles. The number of anilines is 1. The molecule has 6 heteroatoms. The van der Waals surface area contributed by atoms with Crippen molar-refractivity contribution in [2.24, 2.45) is 0 Å². The van der Waals surface area contributed by atoms with Gasteiger partial charge in [-0.1, -0.05) is 23.9 Å². The molecule has 1 heterocycles. The van der Waals surface area contributed by atoms with Crippen molar-refractivity contribution in [1.82, 2.24) is 4.98 Å². The van der Waals surface area contributed by atoms with Crippen molar-refractivity contribution in [3.8, 4) is 11.5 Å². The van der Waals surface area contributed by atoms with Gasteiger partial charge in [-0.3, -0.25) is 0 Å². The Balaban J connectivity index is 1.80. The molecule has 21 heavy (non-hydrogen) atoms. The monoisotopic (exact) mass is 318 g/mol. The van der Waals surface area contributed by atoms with Crippen LogP contribution in [0, 0.1) is 0 Å². The Labute approximate surface area is 130 Å². The minimum absolute atomic E-state index is 0.0754. The van der Waals surface area contributed by atoms with Gasteiger partial charge in [0.05, 0.1) is 10.2 Å². The lowest BCUT2D eigenvalue weighted by Gasteiger charge is -2.09. The summed E-state index contributed by atoms with van der Waals surface area (Å²) in [6, 6.07) is 10.9. The second-order valence-electron chi connectivity index (χ2n) is 4.50. The van der Waals surface area contributed by atoms with Crippen molar-refractivity contribution in [3.05, 3.63) is 42.0 Å². The van der Waals surface area contributed by atoms with Gasteiger partial charge in [0.2, 0.25) is 0 Å². The van der Waals surface area contributed by atoms with E-state index >= 15 is 0 Å². The number of fused-ring (bicyclic) bond motifs is 1. The van der Waals surface area contributed by atoms with Gasteiger partial charge in [0.15, 0.2) is 15.8 Å². The summed E-state index contributed by atoms with van der Waals surface area (Å²) in [6.45, 7) is 0.444. The Morgan fingerprint density at radius 2 is 2.10 bits per heavy atom. The number of thiazole rings is 1. The number of nitrogens with one attached hydrogen (secondary N) is 1. The summed E-state index contributed by atoms with van der Waals surface area (Å²) in [5.41, 5.74) is 2.61. The van der Waals surface area contributed by atoms with Crippen LogP contribution >= 0.6 is 23.1 Å². The Morgan fingerprint density at radius 3 is 2.90 bits per heavy atom. The Hall–Kier alpha value is -1.92. The maximum absolute atomic E-state index is 9.78. The van der Waals surface area contributed by atoms with Crippen LogP contribution in [0.15, 0.2) is 40.7 Å². The van der Waals surface area contributed by atoms with Gasteiger partial charge in [0.25, 0.3) is 0 Å². The molecule has 0 bridgehead atoms. The number of para-hydroxylation sites is 1. The number of nitrogens with zero attached hydrogens (tertiary/aromatic N) is 1. The summed E-state index contributed by atoms with van der Waals surface area (Å²) >= 11 is 3.30. The van der Waals surface area contributed by atoms with E-state index in [9.17, 15) is 10.2 Å². The molecule has 2 aromatic carbocycles. The van der Waals surface area contributed by atoms with E-state index in [4.69, 9.17) is 0 Å². The van der Waals surface area contributed by atoms with E-state index in [1.165, 1.54) is 6.07 Å². The summed E-state index contributed by atoms with van der Waals surface area (Å²) in [5, 5.41) is 22.5. The van der Waals surface area contributed by atoms with Crippen molar-refractivity contribution in [1.29, 1.82) is 0 Å². The number of hydrogen-bond donors (Lipinski definition) is 3. The van der Waals surface area contributed by atoms with Gasteiger partial charge in [-0.05, 0) is 30.5 Å². The van der Waals surface area contributed by atoms with E-state index in [0.29, 0.717) is 12.1 Å². The van der Waals surface area contributed by atoms with E-state index < -0.39 is 0 Å². The molecule has 3 rings (SSSR count). The van der Waals surface area contributed by atoms with Crippen LogP contribution in [0.25, 0.3) is 10.2 Å². The third-order valence-corrected chi connectivity index (χ3v) is 5.13. The van der Waals surface area contributed by atoms with Crippen LogP contribution in [0.2, 0.25) is 0 Å². The van der Waals surface area contributed by atoms with Crippen molar-refractivity contribution in [2.45, 2.75) is 10.9 Å². The summed E-state index contributed by atoms with van der Waals surface area (Å²) in [5.74, 6) is -0.176. The number of aromatic hydroxyl groups is 2. The second-order valence-corrected chi connectivity index (χ2v) is 6.59. The van der Waals surface area contributed by atoms with Crippen LogP contribution < -0.4 is 5.32 Å². The molecule has 0 unspecified atom stereocenters. The number of thioether (sulfide) groups is 1. The molecule has 0 aliphatic heterocycles. The number of aromatic nitrogens is 1. The maximum Gasteiger partial charge on any atom is 0.162 e. The van der Waals surface area contributed by atoms with Gasteiger partial charge in [-0.2, -0.15) is 0 Å². The molecule has 0 radical (unpaired) electrons. The normalized spacial score (nSPS) is 10.9. The molecule has 0 aliphatic carbocycles. The number of hydrogen-bond acceptors (Lipinski definition) is 6. The molecule has 1 aromatic heterocycles. The number of phenols is 2. The lowest BCUT2D eigenvalue weighted by atomic mass is 10.2. The molecule has 0 amide bonds. The molecular formula is C15H14N2O2S2. The van der Waals surface area contributed by atoms with Gasteiger partial charge < -0.3 is 15.5 Å². The SMILES string of the molecule is CSc1nc2ccc(NCc3cccc(O)c3O)cc2s1. The highest BCUT2D eigenvalue weighted by Gasteiger charge is 2.07. The number of rotatable bonds is 4. The summed E-state index contributed by atoms with van der Waals surface area (Å²) in [7, 11) is 0. The van der Waals surface area contributed by atoms with Crippen molar-refractivity contribution < 1.29 is 10.2 Å². The highest BCUT2D eigenvalue weighted by atomic mass is 32.2. The maximum atomic E-state index is 9.78. The van der Waals surface area contributed by atoms with Gasteiger partial charge >= 0.3 is 0 Å². The van der Waals surface area contributed by atoms with Crippen molar-refractivity contribution in [2.75, 3.05) is 11.6 Å². The lowest BCUT2D eigenvalue weighted by Crippen LogP contribution is -1.99. The van der Waals surface area contributed by atoms with Crippen LogP contribution in [-0.4, -0.2) is 21.5 Å². The molecule has 3 N–H and O–H groups in total. The first-order valence-corrected chi connectivity index (χ1v) is 8.40. The average Bonchev–Trinajstić information content (AvgIpc) is 2.91. The fraction of sp³-hybridized carbons (Fsp3) is 0.133. The zero-order valence-electron chi connectivity index (χ0n) is 11.3. The largest absolute Gasteiger partial charge is 0.504 e. The number of phenolic OH excluding ortho intramolecular Hbond substituents is 2. The lowest BCUT2D eigenvalue weighted by molar-refractivity contribution is 0.400. The third-order valence-electron chi connectivity index (χ3n) is 3.12. The molecule has 0 fully saturated rings. The predicted octanol–water partition coefficient (Wildman–Crippen LogP) is 4.04. The van der Waals surface area contributed by atoms with Gasteiger partial charge in [-0.25, -0.2) is 4.98 Å². The molecule has 0 saturated heterocycles. The summed E-state index contributed by atoms with van der Waals surface area (Å²) in [6.07, 6.45) is 2.02. The molecule has 0 atom stereocenters. The predicted molar refractivity (Wildman–Crippen MR) is 88.5 cm³/mol. The zero-order chi connectivity index (χ0) is 14.8. The van der Waals surface area contributed by atoms with Crippen LogP contribution in [-0.2, 0) is 6.54 Å². The minimum Gasteiger partial charge on any atom is -0.504 e. The highest BCUT2D eigenvalue weighted by molar-refractivity contribution is 8.00. The Bertz CT molecular complexity index is 786. The molecule has 108 valence electrons. The van der Waals surface area contributed by atoms with Gasteiger partial charge in [0, 0.05) is 17.8 Å². The molecule has 3 aromatic rings. The first-order valence-electron chi connectivity index (χ1n) is 6.35. The average molecular weight is 318 g/mol. The number of benzene rings is 2. The van der Waals surface area contributed by atoms with E-state index in [1.54, 1.807) is 35.2 Å². The van der Waals surface area contributed by atoms with E-state index in [0.717, 1.165) is 20.2 Å². The molecule has 0 aliphatic rings. The minimum atomic E-state index is -0.100. The Morgan fingerprint density at radius 1 is 1.24 bits per heavy atom. The van der Waals surface area contributed by atoms with Crippen LogP contribution in [0.5, 0.6) is 11.5 Å². The summed E-state index contributed by atoms with van der Waals surface area (Å²) < 4.78 is 2.18. The highest BCUT2D eigenvalue weighted by Crippen LogP contribution is 2.31. The zero-order valence-corrected chi connectivity index (χ0v) is 13.0. The van der Waals surface area contributed by atoms with Gasteiger partial charge in [0.1, 0.15) is 0 Å². The van der Waals surface area contributed by atoms with Gasteiger partial charge in [-0.15, -0.1) is 11.3 Å². The topological polar surface area (TPSA) is 65.4 Å². The first-order chi connectivity index (χ1) is 10.2. The third kappa shape index (κ3) is 2.91. The van der Waals surface area contributed by atoms with Crippen molar-refractivity contribution in [3.63, 3.8) is 0 Å². The van der Waals surface area contributed by atoms with Crippen LogP contribution in [0.3, 0.4) is 0 Å². The molecule has 0 spiro atoms. The van der Waals surface area contributed by atoms with E-state index in [2.05, 4.69) is 10.3 Å². The Kier molecular flexibility index (Phi) is 3.90. The van der Waals surface area contributed by atoms with Crippen molar-refractivity contribution >= 4 is 39.0 Å². The smallest absolute Gasteiger partial charge is 0.162 e.